The van der Waals surface area contributed by atoms with E-state index in [9.17, 15) is 9.59 Å². The number of H-pyrrole nitrogens is 1. The van der Waals surface area contributed by atoms with Crippen LogP contribution in [0.2, 0.25) is 0 Å². The molecule has 25 heavy (non-hydrogen) atoms. The zero-order chi connectivity index (χ0) is 17.8. The van der Waals surface area contributed by atoms with Gasteiger partial charge in [-0.2, -0.15) is 0 Å². The summed E-state index contributed by atoms with van der Waals surface area (Å²) >= 11 is 0. The van der Waals surface area contributed by atoms with Crippen LogP contribution < -0.4 is 15.2 Å². The summed E-state index contributed by atoms with van der Waals surface area (Å²) in [4.78, 5) is 30.4. The van der Waals surface area contributed by atoms with Gasteiger partial charge in [-0.1, -0.05) is 0 Å². The molecule has 3 heterocycles. The zero-order valence-corrected chi connectivity index (χ0v) is 14.3. The van der Waals surface area contributed by atoms with Crippen molar-refractivity contribution in [3.05, 3.63) is 46.4 Å². The van der Waals surface area contributed by atoms with E-state index >= 15 is 0 Å². The van der Waals surface area contributed by atoms with Crippen LogP contribution in [0, 0.1) is 0 Å². The number of piperidine rings is 1. The Balaban J connectivity index is 1.66. The van der Waals surface area contributed by atoms with E-state index in [0.717, 1.165) is 18.7 Å². The number of ether oxygens (including phenoxy) is 1. The van der Waals surface area contributed by atoms with Crippen LogP contribution in [0.1, 0.15) is 23.2 Å². The van der Waals surface area contributed by atoms with Crippen LogP contribution in [-0.2, 0) is 0 Å². The number of anilines is 1. The number of aromatic nitrogens is 3. The first-order valence-corrected chi connectivity index (χ1v) is 8.19. The first-order valence-electron chi connectivity index (χ1n) is 8.19. The molecule has 2 aromatic rings. The molecule has 0 saturated carbocycles. The van der Waals surface area contributed by atoms with Crippen LogP contribution >= 0.6 is 0 Å². The Bertz CT molecular complexity index is 787. The zero-order valence-electron chi connectivity index (χ0n) is 14.3. The fraction of sp³-hybridized carbons (Fsp3) is 0.412. The van der Waals surface area contributed by atoms with Gasteiger partial charge in [-0.15, -0.1) is 10.2 Å². The van der Waals surface area contributed by atoms with Gasteiger partial charge in [0.15, 0.2) is 5.82 Å². The van der Waals surface area contributed by atoms with E-state index in [1.807, 2.05) is 25.1 Å². The standard InChI is InChI=1S/C17H21N5O3/c1-21(2)14-7-8-15(20-19-14)25-12-5-4-10-22(11-12)17(24)13-6-3-9-18-16(13)23/h3,6-9,12H,4-5,10-11H2,1-2H3,(H,18,23). The van der Waals surface area contributed by atoms with Crippen molar-refractivity contribution in [1.29, 1.82) is 0 Å². The number of rotatable bonds is 4. The molecule has 3 rings (SSSR count). The van der Waals surface area contributed by atoms with Crippen molar-refractivity contribution in [3.63, 3.8) is 0 Å². The molecule has 0 radical (unpaired) electrons. The maximum absolute atomic E-state index is 12.6. The molecule has 1 amide bonds. The van der Waals surface area contributed by atoms with Gasteiger partial charge in [0, 0.05) is 32.9 Å². The van der Waals surface area contributed by atoms with E-state index in [4.69, 9.17) is 4.74 Å². The molecule has 8 nitrogen and oxygen atoms in total. The molecule has 1 fully saturated rings. The number of carbonyl (C=O) groups excluding carboxylic acids is 1. The van der Waals surface area contributed by atoms with Gasteiger partial charge < -0.3 is 19.5 Å². The van der Waals surface area contributed by atoms with Crippen LogP contribution in [-0.4, -0.2) is 59.3 Å². The first-order chi connectivity index (χ1) is 12.0. The molecule has 132 valence electrons. The van der Waals surface area contributed by atoms with Gasteiger partial charge in [0.25, 0.3) is 11.5 Å². The summed E-state index contributed by atoms with van der Waals surface area (Å²) in [5.74, 6) is 0.905. The van der Waals surface area contributed by atoms with E-state index in [0.29, 0.717) is 19.0 Å². The number of hydrogen-bond donors (Lipinski definition) is 1. The first kappa shape index (κ1) is 16.9. The monoisotopic (exact) mass is 343 g/mol. The molecule has 1 atom stereocenters. The second-order valence-electron chi connectivity index (χ2n) is 6.17. The van der Waals surface area contributed by atoms with Crippen LogP contribution in [0.25, 0.3) is 0 Å². The maximum Gasteiger partial charge on any atom is 0.260 e. The Labute approximate surface area is 145 Å². The van der Waals surface area contributed by atoms with E-state index < -0.39 is 0 Å². The van der Waals surface area contributed by atoms with E-state index in [2.05, 4.69) is 15.2 Å². The highest BCUT2D eigenvalue weighted by atomic mass is 16.5. The lowest BCUT2D eigenvalue weighted by Gasteiger charge is -2.32. The minimum atomic E-state index is -0.374. The van der Waals surface area contributed by atoms with Crippen LogP contribution in [0.3, 0.4) is 0 Å². The molecule has 8 heteroatoms. The van der Waals surface area contributed by atoms with Crippen LogP contribution in [0.5, 0.6) is 5.88 Å². The molecule has 1 saturated heterocycles. The molecule has 2 aromatic heterocycles. The van der Waals surface area contributed by atoms with Crippen molar-refractivity contribution in [1.82, 2.24) is 20.1 Å². The summed E-state index contributed by atoms with van der Waals surface area (Å²) in [5.41, 5.74) is -0.223. The number of hydrogen-bond acceptors (Lipinski definition) is 6. The summed E-state index contributed by atoms with van der Waals surface area (Å²) in [6, 6.07) is 6.79. The average Bonchev–Trinajstić information content (AvgIpc) is 2.62. The van der Waals surface area contributed by atoms with Crippen molar-refractivity contribution in [2.75, 3.05) is 32.1 Å². The molecular weight excluding hydrogens is 322 g/mol. The van der Waals surface area contributed by atoms with E-state index in [1.165, 1.54) is 12.3 Å². The second kappa shape index (κ2) is 7.33. The average molecular weight is 343 g/mol. The minimum absolute atomic E-state index is 0.151. The summed E-state index contributed by atoms with van der Waals surface area (Å²) in [5, 5.41) is 8.15. The van der Waals surface area contributed by atoms with Crippen molar-refractivity contribution in [3.8, 4) is 5.88 Å². The predicted octanol–water partition coefficient (Wildman–Crippen LogP) is 0.914. The lowest BCUT2D eigenvalue weighted by atomic mass is 10.1. The largest absolute Gasteiger partial charge is 0.471 e. The molecular formula is C17H21N5O3. The van der Waals surface area contributed by atoms with E-state index in [1.54, 1.807) is 17.0 Å². The van der Waals surface area contributed by atoms with Gasteiger partial charge in [0.2, 0.25) is 5.88 Å². The molecule has 0 aromatic carbocycles. The van der Waals surface area contributed by atoms with Gasteiger partial charge in [-0.3, -0.25) is 9.59 Å². The SMILES string of the molecule is CN(C)c1ccc(OC2CCCN(C(=O)c3ccc[nH]c3=O)C2)nn1. The number of nitrogens with one attached hydrogen (secondary N) is 1. The summed E-state index contributed by atoms with van der Waals surface area (Å²) < 4.78 is 5.86. The van der Waals surface area contributed by atoms with Crippen molar-refractivity contribution in [2.45, 2.75) is 18.9 Å². The number of amides is 1. The summed E-state index contributed by atoms with van der Waals surface area (Å²) in [6.07, 6.45) is 2.98. The highest BCUT2D eigenvalue weighted by Crippen LogP contribution is 2.18. The number of pyridine rings is 1. The number of carbonyl (C=O) groups is 1. The minimum Gasteiger partial charge on any atom is -0.471 e. The Morgan fingerprint density at radius 1 is 1.32 bits per heavy atom. The summed E-state index contributed by atoms with van der Waals surface area (Å²) in [6.45, 7) is 1.03. The van der Waals surface area contributed by atoms with Gasteiger partial charge in [0.1, 0.15) is 11.7 Å². The Morgan fingerprint density at radius 2 is 2.16 bits per heavy atom. The van der Waals surface area contributed by atoms with Gasteiger partial charge in [-0.25, -0.2) is 0 Å². The van der Waals surface area contributed by atoms with Gasteiger partial charge in [0.05, 0.1) is 6.54 Å². The molecule has 1 aliphatic rings. The Hall–Kier alpha value is -2.90. The number of likely N-dealkylation sites (tertiary alicyclic amines) is 1. The smallest absolute Gasteiger partial charge is 0.260 e. The van der Waals surface area contributed by atoms with Crippen LogP contribution in [0.4, 0.5) is 5.82 Å². The molecule has 1 unspecified atom stereocenters. The fourth-order valence-corrected chi connectivity index (χ4v) is 2.76. The molecule has 0 bridgehead atoms. The normalized spacial score (nSPS) is 17.2. The predicted molar refractivity (Wildman–Crippen MR) is 93.0 cm³/mol. The molecule has 1 N–H and O–H groups in total. The van der Waals surface area contributed by atoms with Gasteiger partial charge in [-0.05, 0) is 31.0 Å². The molecule has 0 spiro atoms. The highest BCUT2D eigenvalue weighted by Gasteiger charge is 2.27. The number of aromatic amines is 1. The van der Waals surface area contributed by atoms with Gasteiger partial charge >= 0.3 is 0 Å². The maximum atomic E-state index is 12.6. The molecule has 1 aliphatic heterocycles. The Kier molecular flexibility index (Phi) is 4.97. The Morgan fingerprint density at radius 3 is 2.84 bits per heavy atom. The van der Waals surface area contributed by atoms with Crippen molar-refractivity contribution >= 4 is 11.7 Å². The van der Waals surface area contributed by atoms with E-state index in [-0.39, 0.29) is 23.1 Å². The van der Waals surface area contributed by atoms with Crippen molar-refractivity contribution in [2.24, 2.45) is 0 Å². The number of nitrogens with zero attached hydrogens (tertiary/aromatic N) is 4. The second-order valence-corrected chi connectivity index (χ2v) is 6.17. The molecule has 0 aliphatic carbocycles. The quantitative estimate of drug-likeness (QED) is 0.887. The lowest BCUT2D eigenvalue weighted by Crippen LogP contribution is -2.45. The van der Waals surface area contributed by atoms with Crippen molar-refractivity contribution < 1.29 is 9.53 Å². The topological polar surface area (TPSA) is 91.4 Å². The third-order valence-corrected chi connectivity index (χ3v) is 4.09. The fourth-order valence-electron chi connectivity index (χ4n) is 2.76. The third-order valence-electron chi connectivity index (χ3n) is 4.09. The summed E-state index contributed by atoms with van der Waals surface area (Å²) in [7, 11) is 3.78. The lowest BCUT2D eigenvalue weighted by molar-refractivity contribution is 0.0524. The highest BCUT2D eigenvalue weighted by molar-refractivity contribution is 5.93. The third kappa shape index (κ3) is 3.96. The van der Waals surface area contributed by atoms with Crippen LogP contribution in [0.15, 0.2) is 35.3 Å².